The Hall–Kier alpha value is -2.37. The summed E-state index contributed by atoms with van der Waals surface area (Å²) in [4.78, 5) is 25.6. The van der Waals surface area contributed by atoms with E-state index in [1.807, 2.05) is 0 Å². The number of amides is 1. The van der Waals surface area contributed by atoms with Gasteiger partial charge in [0, 0.05) is 5.56 Å². The van der Waals surface area contributed by atoms with E-state index >= 15 is 0 Å². The molecule has 2 rings (SSSR count). The maximum atomic E-state index is 13.5. The van der Waals surface area contributed by atoms with Crippen molar-refractivity contribution in [3.63, 3.8) is 0 Å². The van der Waals surface area contributed by atoms with Crippen LogP contribution in [0.5, 0.6) is 0 Å². The highest BCUT2D eigenvalue weighted by Gasteiger charge is 2.44. The smallest absolute Gasteiger partial charge is 0.415 e. The molecule has 1 amide bonds. The lowest BCUT2D eigenvalue weighted by Gasteiger charge is -2.28. The summed E-state index contributed by atoms with van der Waals surface area (Å²) in [6.07, 6.45) is -0.714. The van der Waals surface area contributed by atoms with Crippen molar-refractivity contribution in [2.24, 2.45) is 0 Å². The molecule has 0 fully saturated rings. The average molecular weight is 307 g/mol. The number of esters is 1. The van der Waals surface area contributed by atoms with Crippen LogP contribution in [0.4, 0.5) is 14.9 Å². The van der Waals surface area contributed by atoms with Crippen molar-refractivity contribution >= 4 is 23.3 Å². The van der Waals surface area contributed by atoms with Crippen LogP contribution in [0.2, 0.25) is 0 Å². The maximum Gasteiger partial charge on any atom is 0.415 e. The summed E-state index contributed by atoms with van der Waals surface area (Å²) >= 11 is 0. The van der Waals surface area contributed by atoms with Crippen molar-refractivity contribution in [2.75, 3.05) is 12.0 Å². The van der Waals surface area contributed by atoms with Crippen LogP contribution in [-0.2, 0) is 14.3 Å². The Morgan fingerprint density at radius 3 is 2.50 bits per heavy atom. The Balaban J connectivity index is 2.50. The zero-order valence-electron chi connectivity index (χ0n) is 13.0. The number of nitrogens with zero attached hydrogens (tertiary/aromatic N) is 1. The normalized spacial score (nSPS) is 17.2. The van der Waals surface area contributed by atoms with E-state index in [9.17, 15) is 14.0 Å². The van der Waals surface area contributed by atoms with Gasteiger partial charge in [0.15, 0.2) is 6.04 Å². The second-order valence-electron chi connectivity index (χ2n) is 5.96. The van der Waals surface area contributed by atoms with Gasteiger partial charge in [-0.05, 0) is 44.5 Å². The van der Waals surface area contributed by atoms with Gasteiger partial charge in [-0.2, -0.15) is 0 Å². The molecule has 1 atom stereocenters. The number of carbonyl (C=O) groups excluding carboxylic acids is 2. The zero-order valence-corrected chi connectivity index (χ0v) is 13.0. The molecule has 1 unspecified atom stereocenters. The van der Waals surface area contributed by atoms with Crippen LogP contribution >= 0.6 is 0 Å². The molecule has 0 spiro atoms. The first kappa shape index (κ1) is 16.0. The highest BCUT2D eigenvalue weighted by atomic mass is 19.1. The molecule has 0 radical (unpaired) electrons. The average Bonchev–Trinajstić information content (AvgIpc) is 2.69. The largest absolute Gasteiger partial charge is 0.467 e. The lowest BCUT2D eigenvalue weighted by atomic mass is 10.0. The van der Waals surface area contributed by atoms with Crippen molar-refractivity contribution in [3.8, 4) is 0 Å². The van der Waals surface area contributed by atoms with Crippen LogP contribution in [0.15, 0.2) is 24.8 Å². The Bertz CT molecular complexity index is 648. The first-order valence-corrected chi connectivity index (χ1v) is 6.74. The number of methoxy groups -OCH3 is 1. The minimum absolute atomic E-state index is 0.298. The van der Waals surface area contributed by atoms with Gasteiger partial charge in [0.1, 0.15) is 11.4 Å². The van der Waals surface area contributed by atoms with Crippen LogP contribution in [-0.4, -0.2) is 30.8 Å². The van der Waals surface area contributed by atoms with Crippen molar-refractivity contribution < 1.29 is 23.5 Å². The number of ether oxygens (including phenoxy) is 2. The third-order valence-electron chi connectivity index (χ3n) is 3.17. The fraction of sp³-hybridized carbons (Fsp3) is 0.375. The molecule has 22 heavy (non-hydrogen) atoms. The van der Waals surface area contributed by atoms with E-state index in [-0.39, 0.29) is 0 Å². The maximum absolute atomic E-state index is 13.5. The molecule has 0 saturated carbocycles. The summed E-state index contributed by atoms with van der Waals surface area (Å²) in [5, 5.41) is 0. The van der Waals surface area contributed by atoms with Crippen molar-refractivity contribution in [2.45, 2.75) is 32.4 Å². The molecule has 1 aliphatic heterocycles. The number of hydrogen-bond acceptors (Lipinski definition) is 4. The second-order valence-corrected chi connectivity index (χ2v) is 5.96. The molecule has 1 heterocycles. The van der Waals surface area contributed by atoms with Gasteiger partial charge in [0.2, 0.25) is 0 Å². The van der Waals surface area contributed by atoms with Gasteiger partial charge in [-0.3, -0.25) is 4.90 Å². The fourth-order valence-corrected chi connectivity index (χ4v) is 2.29. The van der Waals surface area contributed by atoms with Gasteiger partial charge in [-0.1, -0.05) is 6.58 Å². The van der Waals surface area contributed by atoms with Gasteiger partial charge in [-0.25, -0.2) is 14.0 Å². The van der Waals surface area contributed by atoms with Crippen LogP contribution in [0.3, 0.4) is 0 Å². The molecule has 0 saturated heterocycles. The van der Waals surface area contributed by atoms with Crippen LogP contribution < -0.4 is 4.90 Å². The van der Waals surface area contributed by atoms with E-state index < -0.39 is 29.5 Å². The number of fused-ring (bicyclic) bond motifs is 1. The summed E-state index contributed by atoms with van der Waals surface area (Å²) in [7, 11) is 1.21. The predicted molar refractivity (Wildman–Crippen MR) is 80.0 cm³/mol. The molecule has 6 heteroatoms. The number of benzene rings is 1. The van der Waals surface area contributed by atoms with Crippen LogP contribution in [0.25, 0.3) is 5.57 Å². The van der Waals surface area contributed by atoms with E-state index in [0.29, 0.717) is 16.8 Å². The standard InChI is InChI=1S/C16H18FNO4/c1-9-11-8-10(17)6-7-12(11)18(13(9)14(19)21-5)15(20)22-16(2,3)4/h6-8,13H,1H2,2-5H3. The zero-order chi connectivity index (χ0) is 16.7. The van der Waals surface area contributed by atoms with Gasteiger partial charge < -0.3 is 9.47 Å². The lowest BCUT2D eigenvalue weighted by molar-refractivity contribution is -0.140. The van der Waals surface area contributed by atoms with E-state index in [2.05, 4.69) is 6.58 Å². The summed E-state index contributed by atoms with van der Waals surface area (Å²) in [5.74, 6) is -1.14. The van der Waals surface area contributed by atoms with Crippen LogP contribution in [0, 0.1) is 5.82 Å². The summed E-state index contributed by atoms with van der Waals surface area (Å²) in [5.41, 5.74) is 0.325. The highest BCUT2D eigenvalue weighted by Crippen LogP contribution is 2.41. The molecule has 118 valence electrons. The molecule has 0 aromatic heterocycles. The third kappa shape index (κ3) is 2.81. The van der Waals surface area contributed by atoms with Gasteiger partial charge in [0.25, 0.3) is 0 Å². The molecule has 5 nitrogen and oxygen atoms in total. The number of halogens is 1. The first-order chi connectivity index (χ1) is 10.2. The molecule has 1 aromatic rings. The summed E-state index contributed by atoms with van der Waals surface area (Å²) in [6.45, 7) is 8.95. The lowest BCUT2D eigenvalue weighted by Crippen LogP contribution is -2.45. The number of rotatable bonds is 1. The van der Waals surface area contributed by atoms with E-state index in [1.54, 1.807) is 20.8 Å². The topological polar surface area (TPSA) is 55.8 Å². The molecule has 0 aliphatic carbocycles. The van der Waals surface area contributed by atoms with Gasteiger partial charge in [0.05, 0.1) is 12.8 Å². The summed E-state index contributed by atoms with van der Waals surface area (Å²) < 4.78 is 23.5. The molecular weight excluding hydrogens is 289 g/mol. The Labute approximate surface area is 128 Å². The molecule has 0 bridgehead atoms. The molecular formula is C16H18FNO4. The molecule has 1 aromatic carbocycles. The minimum atomic E-state index is -1.06. The number of anilines is 1. The van der Waals surface area contributed by atoms with E-state index in [0.717, 1.165) is 4.90 Å². The van der Waals surface area contributed by atoms with Crippen LogP contribution in [0.1, 0.15) is 26.3 Å². The van der Waals surface area contributed by atoms with E-state index in [4.69, 9.17) is 9.47 Å². The predicted octanol–water partition coefficient (Wildman–Crippen LogP) is 3.14. The van der Waals surface area contributed by atoms with Gasteiger partial charge >= 0.3 is 12.1 Å². The second kappa shape index (κ2) is 5.44. The highest BCUT2D eigenvalue weighted by molar-refractivity contribution is 6.10. The SMILES string of the molecule is C=C1c2cc(F)ccc2N(C(=O)OC(C)(C)C)C1C(=O)OC. The van der Waals surface area contributed by atoms with Crippen molar-refractivity contribution in [1.82, 2.24) is 0 Å². The third-order valence-corrected chi connectivity index (χ3v) is 3.17. The van der Waals surface area contributed by atoms with Crippen molar-refractivity contribution in [1.29, 1.82) is 0 Å². The fourth-order valence-electron chi connectivity index (χ4n) is 2.29. The number of hydrogen-bond donors (Lipinski definition) is 0. The Morgan fingerprint density at radius 2 is 1.95 bits per heavy atom. The van der Waals surface area contributed by atoms with Crippen molar-refractivity contribution in [3.05, 3.63) is 36.2 Å². The van der Waals surface area contributed by atoms with E-state index in [1.165, 1.54) is 25.3 Å². The molecule has 0 N–H and O–H groups in total. The minimum Gasteiger partial charge on any atom is -0.467 e. The quantitative estimate of drug-likeness (QED) is 0.748. The molecule has 1 aliphatic rings. The van der Waals surface area contributed by atoms with Gasteiger partial charge in [-0.15, -0.1) is 0 Å². The summed E-state index contributed by atoms with van der Waals surface area (Å²) in [6, 6.07) is 2.81. The number of carbonyl (C=O) groups is 2. The Kier molecular flexibility index (Phi) is 3.96. The first-order valence-electron chi connectivity index (χ1n) is 6.74. The Morgan fingerprint density at radius 1 is 1.32 bits per heavy atom. The monoisotopic (exact) mass is 307 g/mol.